The zero-order chi connectivity index (χ0) is 13.8. The van der Waals surface area contributed by atoms with Crippen LogP contribution in [-0.2, 0) is 4.74 Å². The maximum absolute atomic E-state index is 6.14. The third-order valence-electron chi connectivity index (χ3n) is 3.88. The summed E-state index contributed by atoms with van der Waals surface area (Å²) < 4.78 is 11.2. The molecule has 1 saturated heterocycles. The molecule has 2 rings (SSSR count). The van der Waals surface area contributed by atoms with E-state index < -0.39 is 0 Å². The van der Waals surface area contributed by atoms with Gasteiger partial charge in [-0.3, -0.25) is 0 Å². The monoisotopic (exact) mass is 263 g/mol. The first-order valence-corrected chi connectivity index (χ1v) is 7.14. The van der Waals surface area contributed by atoms with Gasteiger partial charge < -0.3 is 15.2 Å². The number of ether oxygens (including phenoxy) is 2. The first-order chi connectivity index (χ1) is 9.08. The molecule has 1 aliphatic rings. The lowest BCUT2D eigenvalue weighted by molar-refractivity contribution is 0.170. The Morgan fingerprint density at radius 1 is 1.42 bits per heavy atom. The van der Waals surface area contributed by atoms with Crippen molar-refractivity contribution in [1.82, 2.24) is 0 Å². The Bertz CT molecular complexity index is 411. The van der Waals surface area contributed by atoms with Gasteiger partial charge in [-0.25, -0.2) is 0 Å². The zero-order valence-electron chi connectivity index (χ0n) is 12.2. The van der Waals surface area contributed by atoms with Crippen molar-refractivity contribution in [3.8, 4) is 5.75 Å². The molecule has 0 spiro atoms. The lowest BCUT2D eigenvalue weighted by atomic mass is 9.98. The first-order valence-electron chi connectivity index (χ1n) is 7.14. The van der Waals surface area contributed by atoms with Gasteiger partial charge >= 0.3 is 0 Å². The fourth-order valence-electron chi connectivity index (χ4n) is 2.60. The van der Waals surface area contributed by atoms with Gasteiger partial charge in [0.2, 0.25) is 0 Å². The number of hydrogen-bond donors (Lipinski definition) is 1. The minimum Gasteiger partial charge on any atom is -0.492 e. The predicted molar refractivity (Wildman–Crippen MR) is 77.7 cm³/mol. The highest BCUT2D eigenvalue weighted by molar-refractivity contribution is 5.36. The molecule has 106 valence electrons. The number of benzene rings is 1. The second-order valence-electron chi connectivity index (χ2n) is 5.77. The largest absolute Gasteiger partial charge is 0.492 e. The third-order valence-corrected chi connectivity index (χ3v) is 3.88. The molecule has 0 amide bonds. The van der Waals surface area contributed by atoms with Crippen molar-refractivity contribution >= 4 is 0 Å². The molecule has 3 nitrogen and oxygen atoms in total. The van der Waals surface area contributed by atoms with Crippen LogP contribution in [0.15, 0.2) is 18.2 Å². The summed E-state index contributed by atoms with van der Waals surface area (Å²) >= 11 is 0. The van der Waals surface area contributed by atoms with Crippen molar-refractivity contribution in [2.24, 2.45) is 11.7 Å². The van der Waals surface area contributed by atoms with E-state index in [2.05, 4.69) is 32.9 Å². The van der Waals surface area contributed by atoms with Gasteiger partial charge in [0.15, 0.2) is 0 Å². The Morgan fingerprint density at radius 3 is 2.79 bits per heavy atom. The Morgan fingerprint density at radius 2 is 2.21 bits per heavy atom. The molecule has 19 heavy (non-hydrogen) atoms. The topological polar surface area (TPSA) is 44.5 Å². The maximum atomic E-state index is 6.14. The van der Waals surface area contributed by atoms with Crippen LogP contribution in [0, 0.1) is 12.8 Å². The molecule has 2 unspecified atom stereocenters. The second-order valence-corrected chi connectivity index (χ2v) is 5.77. The van der Waals surface area contributed by atoms with Crippen LogP contribution in [0.25, 0.3) is 0 Å². The van der Waals surface area contributed by atoms with Crippen LogP contribution in [0.4, 0.5) is 0 Å². The van der Waals surface area contributed by atoms with Gasteiger partial charge in [0.25, 0.3) is 0 Å². The summed E-state index contributed by atoms with van der Waals surface area (Å²) in [6, 6.07) is 6.36. The molecule has 0 aromatic heterocycles. The summed E-state index contributed by atoms with van der Waals surface area (Å²) in [6.45, 7) is 8.72. The van der Waals surface area contributed by atoms with Crippen molar-refractivity contribution in [2.75, 3.05) is 19.8 Å². The van der Waals surface area contributed by atoms with Crippen LogP contribution in [0.1, 0.15) is 37.3 Å². The van der Waals surface area contributed by atoms with Crippen LogP contribution < -0.4 is 10.5 Å². The molecule has 2 atom stereocenters. The summed E-state index contributed by atoms with van der Waals surface area (Å²) in [5.74, 6) is 1.90. The van der Waals surface area contributed by atoms with Crippen LogP contribution in [-0.4, -0.2) is 25.9 Å². The lowest BCUT2D eigenvalue weighted by Crippen LogP contribution is -2.36. The molecular formula is C16H25NO2. The molecule has 2 N–H and O–H groups in total. The van der Waals surface area contributed by atoms with E-state index in [0.717, 1.165) is 25.4 Å². The van der Waals surface area contributed by atoms with Gasteiger partial charge in [-0.15, -0.1) is 0 Å². The van der Waals surface area contributed by atoms with E-state index in [1.807, 2.05) is 6.07 Å². The quantitative estimate of drug-likeness (QED) is 0.888. The van der Waals surface area contributed by atoms with Crippen molar-refractivity contribution < 1.29 is 9.47 Å². The third kappa shape index (κ3) is 3.71. The molecule has 3 heteroatoms. The molecule has 1 heterocycles. The molecule has 0 radical (unpaired) electrons. The molecule has 1 aromatic carbocycles. The fraction of sp³-hybridized carbons (Fsp3) is 0.625. The molecule has 0 aliphatic carbocycles. The normalized spacial score (nSPS) is 20.8. The molecule has 0 bridgehead atoms. The highest BCUT2D eigenvalue weighted by Crippen LogP contribution is 2.24. The van der Waals surface area contributed by atoms with Gasteiger partial charge in [-0.1, -0.05) is 19.9 Å². The predicted octanol–water partition coefficient (Wildman–Crippen LogP) is 2.86. The van der Waals surface area contributed by atoms with Crippen LogP contribution in [0.2, 0.25) is 0 Å². The Balaban J connectivity index is 1.90. The molecule has 0 saturated carbocycles. The van der Waals surface area contributed by atoms with E-state index in [1.165, 1.54) is 11.1 Å². The first kappa shape index (κ1) is 14.4. The average Bonchev–Trinajstić information content (AvgIpc) is 2.89. The summed E-state index contributed by atoms with van der Waals surface area (Å²) in [5, 5.41) is 0. The van der Waals surface area contributed by atoms with Crippen molar-refractivity contribution in [2.45, 2.75) is 39.2 Å². The average molecular weight is 263 g/mol. The SMILES string of the molecule is Cc1cc(OCC(N)C2CCOC2)ccc1C(C)C. The second kappa shape index (κ2) is 6.40. The Labute approximate surface area is 116 Å². The van der Waals surface area contributed by atoms with E-state index >= 15 is 0 Å². The van der Waals surface area contributed by atoms with E-state index in [0.29, 0.717) is 18.4 Å². The summed E-state index contributed by atoms with van der Waals surface area (Å²) in [5.41, 5.74) is 8.80. The summed E-state index contributed by atoms with van der Waals surface area (Å²) in [6.07, 6.45) is 1.05. The summed E-state index contributed by atoms with van der Waals surface area (Å²) in [7, 11) is 0. The number of aryl methyl sites for hydroxylation is 1. The Hall–Kier alpha value is -1.06. The minimum atomic E-state index is 0.0626. The minimum absolute atomic E-state index is 0.0626. The highest BCUT2D eigenvalue weighted by Gasteiger charge is 2.23. The molecular weight excluding hydrogens is 238 g/mol. The highest BCUT2D eigenvalue weighted by atomic mass is 16.5. The molecule has 1 aliphatic heterocycles. The standard InChI is InChI=1S/C16H25NO2/c1-11(2)15-5-4-14(8-12(15)3)19-10-16(17)13-6-7-18-9-13/h4-5,8,11,13,16H,6-7,9-10,17H2,1-3H3. The van der Waals surface area contributed by atoms with Gasteiger partial charge in [-0.05, 0) is 42.5 Å². The smallest absolute Gasteiger partial charge is 0.119 e. The van der Waals surface area contributed by atoms with Crippen molar-refractivity contribution in [3.05, 3.63) is 29.3 Å². The van der Waals surface area contributed by atoms with E-state index in [1.54, 1.807) is 0 Å². The van der Waals surface area contributed by atoms with Gasteiger partial charge in [0.1, 0.15) is 12.4 Å². The molecule has 1 aromatic rings. The fourth-order valence-corrected chi connectivity index (χ4v) is 2.60. The van der Waals surface area contributed by atoms with Gasteiger partial charge in [0.05, 0.1) is 6.61 Å². The van der Waals surface area contributed by atoms with Gasteiger partial charge in [0, 0.05) is 18.6 Å². The maximum Gasteiger partial charge on any atom is 0.119 e. The number of nitrogens with two attached hydrogens (primary N) is 1. The Kier molecular flexibility index (Phi) is 4.83. The van der Waals surface area contributed by atoms with Crippen LogP contribution in [0.5, 0.6) is 5.75 Å². The van der Waals surface area contributed by atoms with E-state index in [-0.39, 0.29) is 6.04 Å². The number of rotatable bonds is 5. The van der Waals surface area contributed by atoms with Crippen LogP contribution in [0.3, 0.4) is 0 Å². The van der Waals surface area contributed by atoms with Crippen LogP contribution >= 0.6 is 0 Å². The zero-order valence-corrected chi connectivity index (χ0v) is 12.2. The summed E-state index contributed by atoms with van der Waals surface area (Å²) in [4.78, 5) is 0. The van der Waals surface area contributed by atoms with E-state index in [9.17, 15) is 0 Å². The lowest BCUT2D eigenvalue weighted by Gasteiger charge is -2.19. The number of hydrogen-bond acceptors (Lipinski definition) is 3. The van der Waals surface area contributed by atoms with Gasteiger partial charge in [-0.2, -0.15) is 0 Å². The van der Waals surface area contributed by atoms with E-state index in [4.69, 9.17) is 15.2 Å². The van der Waals surface area contributed by atoms with Crippen molar-refractivity contribution in [1.29, 1.82) is 0 Å². The van der Waals surface area contributed by atoms with Crippen molar-refractivity contribution in [3.63, 3.8) is 0 Å². The molecule has 1 fully saturated rings.